The number of hydrogen-bond donors (Lipinski definition) is 0. The van der Waals surface area contributed by atoms with E-state index in [0.29, 0.717) is 5.92 Å². The fourth-order valence-electron chi connectivity index (χ4n) is 0.658. The minimum absolute atomic E-state index is 0.620. The lowest BCUT2D eigenvalue weighted by atomic mass is 10.0. The van der Waals surface area contributed by atoms with E-state index in [4.69, 9.17) is 5.26 Å². The van der Waals surface area contributed by atoms with Gasteiger partial charge in [-0.05, 0) is 19.3 Å². The molecule has 0 atom stereocenters. The molecule has 0 unspecified atom stereocenters. The van der Waals surface area contributed by atoms with Gasteiger partial charge in [-0.15, -0.1) is 0 Å². The van der Waals surface area contributed by atoms with Crippen molar-refractivity contribution in [2.45, 2.75) is 27.2 Å². The van der Waals surface area contributed by atoms with Crippen molar-refractivity contribution in [3.05, 3.63) is 5.92 Å². The maximum absolute atomic E-state index is 8.30. The second-order valence-corrected chi connectivity index (χ2v) is 2.49. The second kappa shape index (κ2) is 3.49. The summed E-state index contributed by atoms with van der Waals surface area (Å²) in [6.45, 7) is 6.10. The molecule has 0 fully saturated rings. The van der Waals surface area contributed by atoms with Gasteiger partial charge in [0.15, 0.2) is 0 Å². The monoisotopic (exact) mass is 110 g/mol. The molecule has 1 radical (unpaired) electrons. The van der Waals surface area contributed by atoms with E-state index in [9.17, 15) is 0 Å². The highest BCUT2D eigenvalue weighted by molar-refractivity contribution is 5.06. The molecule has 0 aromatic carbocycles. The summed E-state index contributed by atoms with van der Waals surface area (Å²) >= 11 is 0. The Labute approximate surface area is 51.3 Å². The van der Waals surface area contributed by atoms with E-state index in [1.54, 1.807) is 0 Å². The highest BCUT2D eigenvalue weighted by Gasteiger charge is 2.01. The molecule has 0 saturated carbocycles. The average Bonchev–Trinajstić information content (AvgIpc) is 1.65. The van der Waals surface area contributed by atoms with Gasteiger partial charge in [-0.1, -0.05) is 13.8 Å². The highest BCUT2D eigenvalue weighted by Crippen LogP contribution is 2.10. The van der Waals surface area contributed by atoms with Gasteiger partial charge in [0.1, 0.15) is 0 Å². The van der Waals surface area contributed by atoms with Crippen molar-refractivity contribution in [2.24, 2.45) is 5.92 Å². The zero-order chi connectivity index (χ0) is 6.57. The largest absolute Gasteiger partial charge is 0.198 e. The lowest BCUT2D eigenvalue weighted by Gasteiger charge is -2.02. The first kappa shape index (κ1) is 7.49. The van der Waals surface area contributed by atoms with Gasteiger partial charge in [0.2, 0.25) is 0 Å². The third-order valence-corrected chi connectivity index (χ3v) is 0.905. The van der Waals surface area contributed by atoms with E-state index in [1.165, 1.54) is 0 Å². The Morgan fingerprint density at radius 3 is 2.25 bits per heavy atom. The molecule has 0 aromatic heterocycles. The van der Waals surface area contributed by atoms with Crippen LogP contribution in [0.5, 0.6) is 0 Å². The summed E-state index contributed by atoms with van der Waals surface area (Å²) in [6.07, 6.45) is 0.941. The first-order valence-electron chi connectivity index (χ1n) is 2.89. The van der Waals surface area contributed by atoms with Gasteiger partial charge >= 0.3 is 0 Å². The summed E-state index contributed by atoms with van der Waals surface area (Å²) in [4.78, 5) is 0. The third-order valence-electron chi connectivity index (χ3n) is 0.905. The quantitative estimate of drug-likeness (QED) is 0.534. The SMILES string of the molecule is C[C](C#N)CC(C)C. The summed E-state index contributed by atoms with van der Waals surface area (Å²) in [6, 6.07) is 2.11. The van der Waals surface area contributed by atoms with Crippen LogP contribution in [0.2, 0.25) is 0 Å². The first-order chi connectivity index (χ1) is 3.66. The normalized spacial score (nSPS) is 10.0. The van der Waals surface area contributed by atoms with Crippen LogP contribution in [0.25, 0.3) is 0 Å². The predicted octanol–water partition coefficient (Wildman–Crippen LogP) is 2.15. The maximum atomic E-state index is 8.30. The molecule has 0 N–H and O–H groups in total. The molecule has 0 bridgehead atoms. The fraction of sp³-hybridized carbons (Fsp3) is 0.714. The van der Waals surface area contributed by atoms with Gasteiger partial charge < -0.3 is 0 Å². The van der Waals surface area contributed by atoms with Crippen LogP contribution in [0.4, 0.5) is 0 Å². The molecule has 0 aliphatic carbocycles. The maximum Gasteiger partial charge on any atom is 0.0731 e. The van der Waals surface area contributed by atoms with E-state index < -0.39 is 0 Å². The smallest absolute Gasteiger partial charge is 0.0731 e. The lowest BCUT2D eigenvalue weighted by molar-refractivity contribution is 0.617. The van der Waals surface area contributed by atoms with E-state index in [2.05, 4.69) is 19.9 Å². The Kier molecular flexibility index (Phi) is 3.26. The second-order valence-electron chi connectivity index (χ2n) is 2.49. The average molecular weight is 110 g/mol. The molecule has 0 rings (SSSR count). The molecule has 8 heavy (non-hydrogen) atoms. The summed E-state index contributed by atoms with van der Waals surface area (Å²) in [5, 5.41) is 8.30. The molecule has 45 valence electrons. The van der Waals surface area contributed by atoms with Crippen molar-refractivity contribution in [3.63, 3.8) is 0 Å². The van der Waals surface area contributed by atoms with Crippen molar-refractivity contribution < 1.29 is 0 Å². The molecule has 0 saturated heterocycles. The highest BCUT2D eigenvalue weighted by atomic mass is 14.3. The fourth-order valence-corrected chi connectivity index (χ4v) is 0.658. The van der Waals surface area contributed by atoms with Gasteiger partial charge in [0, 0.05) is 0 Å². The van der Waals surface area contributed by atoms with E-state index >= 15 is 0 Å². The van der Waals surface area contributed by atoms with Crippen molar-refractivity contribution in [1.29, 1.82) is 5.26 Å². The molecular weight excluding hydrogens is 98.1 g/mol. The van der Waals surface area contributed by atoms with Crippen LogP contribution in [0.15, 0.2) is 0 Å². The van der Waals surface area contributed by atoms with Crippen molar-refractivity contribution in [1.82, 2.24) is 0 Å². The first-order valence-corrected chi connectivity index (χ1v) is 2.89. The third kappa shape index (κ3) is 3.67. The van der Waals surface area contributed by atoms with Crippen LogP contribution in [-0.4, -0.2) is 0 Å². The van der Waals surface area contributed by atoms with Gasteiger partial charge in [-0.2, -0.15) is 5.26 Å². The van der Waals surface area contributed by atoms with Gasteiger partial charge in [-0.3, -0.25) is 0 Å². The Morgan fingerprint density at radius 2 is 2.12 bits per heavy atom. The molecule has 0 aliphatic heterocycles. The van der Waals surface area contributed by atoms with Crippen molar-refractivity contribution in [3.8, 4) is 6.07 Å². The number of rotatable bonds is 2. The summed E-state index contributed by atoms with van der Waals surface area (Å²) in [5.41, 5.74) is 0. The van der Waals surface area contributed by atoms with Crippen molar-refractivity contribution >= 4 is 0 Å². The number of nitriles is 1. The van der Waals surface area contributed by atoms with Crippen LogP contribution in [0, 0.1) is 23.2 Å². The zero-order valence-corrected chi connectivity index (χ0v) is 5.73. The van der Waals surface area contributed by atoms with Crippen molar-refractivity contribution in [2.75, 3.05) is 0 Å². The summed E-state index contributed by atoms with van der Waals surface area (Å²) in [7, 11) is 0. The molecule has 0 heterocycles. The molecule has 0 amide bonds. The van der Waals surface area contributed by atoms with E-state index in [1.807, 2.05) is 6.92 Å². The minimum atomic E-state index is 0.620. The Morgan fingerprint density at radius 1 is 1.62 bits per heavy atom. The standard InChI is InChI=1S/C7H12N/c1-6(2)4-7(3)5-8/h6H,4H2,1-3H3. The van der Waals surface area contributed by atoms with Crippen LogP contribution < -0.4 is 0 Å². The number of nitrogens with zero attached hydrogens (tertiary/aromatic N) is 1. The molecule has 0 aliphatic rings. The van der Waals surface area contributed by atoms with Gasteiger partial charge in [0.05, 0.1) is 12.0 Å². The zero-order valence-electron chi connectivity index (χ0n) is 5.73. The Balaban J connectivity index is 3.28. The van der Waals surface area contributed by atoms with E-state index in [-0.39, 0.29) is 0 Å². The topological polar surface area (TPSA) is 23.8 Å². The van der Waals surface area contributed by atoms with Crippen LogP contribution in [0.1, 0.15) is 27.2 Å². The Bertz CT molecular complexity index is 89.1. The van der Waals surface area contributed by atoms with Gasteiger partial charge in [0.25, 0.3) is 0 Å². The molecular formula is C7H12N. The lowest BCUT2D eigenvalue weighted by Crippen LogP contribution is -1.93. The molecule has 1 nitrogen and oxygen atoms in total. The summed E-state index contributed by atoms with van der Waals surface area (Å²) in [5.74, 6) is 1.55. The minimum Gasteiger partial charge on any atom is -0.198 e. The molecule has 0 spiro atoms. The van der Waals surface area contributed by atoms with Crippen LogP contribution in [0.3, 0.4) is 0 Å². The van der Waals surface area contributed by atoms with Gasteiger partial charge in [-0.25, -0.2) is 0 Å². The van der Waals surface area contributed by atoms with E-state index in [0.717, 1.165) is 12.3 Å². The predicted molar refractivity (Wildman–Crippen MR) is 34.0 cm³/mol. The summed E-state index contributed by atoms with van der Waals surface area (Å²) < 4.78 is 0. The number of hydrogen-bond acceptors (Lipinski definition) is 1. The Hall–Kier alpha value is -0.510. The van der Waals surface area contributed by atoms with Crippen LogP contribution in [-0.2, 0) is 0 Å². The molecule has 1 heteroatoms. The molecule has 0 aromatic rings. The van der Waals surface area contributed by atoms with Crippen LogP contribution >= 0.6 is 0 Å².